The Morgan fingerprint density at radius 1 is 1.48 bits per heavy atom. The normalized spacial score (nSPS) is 20.1. The van der Waals surface area contributed by atoms with Gasteiger partial charge in [0.2, 0.25) is 5.91 Å². The third-order valence-electron chi connectivity index (χ3n) is 3.54. The Morgan fingerprint density at radius 3 is 3.00 bits per heavy atom. The Balaban J connectivity index is 1.62. The fourth-order valence-electron chi connectivity index (χ4n) is 2.39. The van der Waals surface area contributed by atoms with Crippen LogP contribution in [-0.4, -0.2) is 12.5 Å². The van der Waals surface area contributed by atoms with E-state index in [9.17, 15) is 9.18 Å². The van der Waals surface area contributed by atoms with Crippen molar-refractivity contribution in [3.8, 4) is 5.75 Å². The predicted molar refractivity (Wildman–Crippen MR) is 75.8 cm³/mol. The molecule has 0 saturated heterocycles. The predicted octanol–water partition coefficient (Wildman–Crippen LogP) is 3.56. The number of amides is 1. The van der Waals surface area contributed by atoms with E-state index in [0.29, 0.717) is 12.3 Å². The minimum Gasteiger partial charge on any atom is -0.491 e. The lowest BCUT2D eigenvalue weighted by molar-refractivity contribution is -0.117. The molecule has 2 aromatic rings. The van der Waals surface area contributed by atoms with E-state index in [4.69, 9.17) is 9.15 Å². The summed E-state index contributed by atoms with van der Waals surface area (Å²) in [5, 5.41) is 2.73. The van der Waals surface area contributed by atoms with E-state index >= 15 is 0 Å². The van der Waals surface area contributed by atoms with Crippen molar-refractivity contribution in [3.05, 3.63) is 48.2 Å². The third-order valence-corrected chi connectivity index (χ3v) is 3.54. The van der Waals surface area contributed by atoms with Gasteiger partial charge in [-0.05, 0) is 37.6 Å². The third kappa shape index (κ3) is 2.91. The summed E-state index contributed by atoms with van der Waals surface area (Å²) in [5.74, 6) is 0.453. The first kappa shape index (κ1) is 13.7. The topological polar surface area (TPSA) is 51.5 Å². The van der Waals surface area contributed by atoms with Crippen LogP contribution in [0.5, 0.6) is 5.75 Å². The lowest BCUT2D eigenvalue weighted by Crippen LogP contribution is -2.14. The molecule has 1 N–H and O–H groups in total. The maximum Gasteiger partial charge on any atom is 0.228 e. The lowest BCUT2D eigenvalue weighted by Gasteiger charge is -2.08. The number of furan rings is 1. The Labute approximate surface area is 121 Å². The van der Waals surface area contributed by atoms with Crippen molar-refractivity contribution in [2.24, 2.45) is 5.92 Å². The van der Waals surface area contributed by atoms with Crippen LogP contribution in [0.3, 0.4) is 0 Å². The van der Waals surface area contributed by atoms with Gasteiger partial charge >= 0.3 is 0 Å². The average molecular weight is 289 g/mol. The number of nitrogens with one attached hydrogen (secondary N) is 1. The molecule has 0 spiro atoms. The SMILES string of the molecule is CCOc1ccc(NC(=O)C2CC2c2ccco2)cc1F. The molecular weight excluding hydrogens is 273 g/mol. The van der Waals surface area contributed by atoms with Gasteiger partial charge in [-0.15, -0.1) is 0 Å². The first-order chi connectivity index (χ1) is 10.2. The minimum atomic E-state index is -0.479. The molecule has 1 aliphatic carbocycles. The van der Waals surface area contributed by atoms with E-state index in [2.05, 4.69) is 5.32 Å². The zero-order valence-electron chi connectivity index (χ0n) is 11.6. The number of carbonyl (C=O) groups is 1. The molecule has 5 heteroatoms. The van der Waals surface area contributed by atoms with E-state index in [-0.39, 0.29) is 23.5 Å². The molecule has 0 bridgehead atoms. The first-order valence-electron chi connectivity index (χ1n) is 6.95. The van der Waals surface area contributed by atoms with Crippen molar-refractivity contribution in [3.63, 3.8) is 0 Å². The fraction of sp³-hybridized carbons (Fsp3) is 0.312. The summed E-state index contributed by atoms with van der Waals surface area (Å²) in [5.41, 5.74) is 0.436. The van der Waals surface area contributed by atoms with Crippen LogP contribution in [0.15, 0.2) is 41.0 Å². The summed E-state index contributed by atoms with van der Waals surface area (Å²) < 4.78 is 24.1. The van der Waals surface area contributed by atoms with Gasteiger partial charge in [0.05, 0.1) is 12.9 Å². The lowest BCUT2D eigenvalue weighted by atomic mass is 10.2. The van der Waals surface area contributed by atoms with Gasteiger partial charge in [-0.2, -0.15) is 0 Å². The molecule has 3 rings (SSSR count). The number of benzene rings is 1. The van der Waals surface area contributed by atoms with Crippen molar-refractivity contribution < 1.29 is 18.3 Å². The zero-order valence-corrected chi connectivity index (χ0v) is 11.6. The van der Waals surface area contributed by atoms with E-state index in [1.165, 1.54) is 12.1 Å². The van der Waals surface area contributed by atoms with Crippen molar-refractivity contribution in [1.29, 1.82) is 0 Å². The van der Waals surface area contributed by atoms with Gasteiger partial charge in [0, 0.05) is 23.6 Å². The quantitative estimate of drug-likeness (QED) is 0.915. The number of hydrogen-bond acceptors (Lipinski definition) is 3. The zero-order chi connectivity index (χ0) is 14.8. The molecule has 1 fully saturated rings. The number of hydrogen-bond donors (Lipinski definition) is 1. The number of anilines is 1. The van der Waals surface area contributed by atoms with Crippen molar-refractivity contribution in [2.45, 2.75) is 19.3 Å². The van der Waals surface area contributed by atoms with Crippen LogP contribution in [0.4, 0.5) is 10.1 Å². The first-order valence-corrected chi connectivity index (χ1v) is 6.95. The molecule has 0 aliphatic heterocycles. The molecule has 1 heterocycles. The smallest absolute Gasteiger partial charge is 0.228 e. The van der Waals surface area contributed by atoms with Crippen LogP contribution in [0.25, 0.3) is 0 Å². The van der Waals surface area contributed by atoms with Crippen LogP contribution in [0.1, 0.15) is 25.0 Å². The molecule has 0 radical (unpaired) electrons. The van der Waals surface area contributed by atoms with Crippen LogP contribution in [0.2, 0.25) is 0 Å². The molecule has 1 saturated carbocycles. The summed E-state index contributed by atoms with van der Waals surface area (Å²) in [6.45, 7) is 2.19. The van der Waals surface area contributed by atoms with Gasteiger partial charge in [-0.1, -0.05) is 0 Å². The maximum absolute atomic E-state index is 13.7. The second-order valence-electron chi connectivity index (χ2n) is 5.03. The Kier molecular flexibility index (Phi) is 3.64. The molecule has 1 aromatic heterocycles. The number of halogens is 1. The van der Waals surface area contributed by atoms with Crippen LogP contribution in [0, 0.1) is 11.7 Å². The van der Waals surface area contributed by atoms with Gasteiger partial charge in [0.25, 0.3) is 0 Å². The fourth-order valence-corrected chi connectivity index (χ4v) is 2.39. The molecule has 1 aliphatic rings. The number of ether oxygens (including phenoxy) is 1. The van der Waals surface area contributed by atoms with Crippen molar-refractivity contribution >= 4 is 11.6 Å². The summed E-state index contributed by atoms with van der Waals surface area (Å²) in [7, 11) is 0. The Morgan fingerprint density at radius 2 is 2.33 bits per heavy atom. The van der Waals surface area contributed by atoms with Gasteiger partial charge < -0.3 is 14.5 Å². The second kappa shape index (κ2) is 5.60. The van der Waals surface area contributed by atoms with E-state index < -0.39 is 5.82 Å². The number of rotatable bonds is 5. The monoisotopic (exact) mass is 289 g/mol. The summed E-state index contributed by atoms with van der Waals surface area (Å²) in [6.07, 6.45) is 2.36. The maximum atomic E-state index is 13.7. The average Bonchev–Trinajstić information content (AvgIpc) is 3.08. The Bertz CT molecular complexity index is 639. The van der Waals surface area contributed by atoms with E-state index in [0.717, 1.165) is 12.2 Å². The highest BCUT2D eigenvalue weighted by atomic mass is 19.1. The Hall–Kier alpha value is -2.30. The van der Waals surface area contributed by atoms with Gasteiger partial charge in [0.15, 0.2) is 11.6 Å². The molecule has 4 nitrogen and oxygen atoms in total. The highest BCUT2D eigenvalue weighted by Crippen LogP contribution is 2.48. The number of carbonyl (C=O) groups excluding carboxylic acids is 1. The summed E-state index contributed by atoms with van der Waals surface area (Å²) in [4.78, 5) is 12.1. The highest BCUT2D eigenvalue weighted by Gasteiger charge is 2.45. The molecular formula is C16H16FNO3. The van der Waals surface area contributed by atoms with Gasteiger partial charge in [-0.25, -0.2) is 4.39 Å². The second-order valence-corrected chi connectivity index (χ2v) is 5.03. The van der Waals surface area contributed by atoms with E-state index in [1.807, 2.05) is 12.1 Å². The van der Waals surface area contributed by atoms with Crippen molar-refractivity contribution in [1.82, 2.24) is 0 Å². The van der Waals surface area contributed by atoms with Crippen LogP contribution >= 0.6 is 0 Å². The largest absolute Gasteiger partial charge is 0.491 e. The molecule has 21 heavy (non-hydrogen) atoms. The van der Waals surface area contributed by atoms with Crippen LogP contribution in [-0.2, 0) is 4.79 Å². The van der Waals surface area contributed by atoms with Crippen LogP contribution < -0.4 is 10.1 Å². The molecule has 2 atom stereocenters. The summed E-state index contributed by atoms with van der Waals surface area (Å²) in [6, 6.07) is 8.10. The van der Waals surface area contributed by atoms with Gasteiger partial charge in [0.1, 0.15) is 5.76 Å². The molecule has 110 valence electrons. The highest BCUT2D eigenvalue weighted by molar-refractivity contribution is 5.95. The standard InChI is InChI=1S/C16H16FNO3/c1-2-20-15-6-5-10(8-13(15)17)18-16(19)12-9-11(12)14-4-3-7-21-14/h3-8,11-12H,2,9H2,1H3,(H,18,19). The minimum absolute atomic E-state index is 0.106. The molecule has 2 unspecified atom stereocenters. The molecule has 1 amide bonds. The van der Waals surface area contributed by atoms with Crippen molar-refractivity contribution in [2.75, 3.05) is 11.9 Å². The molecule has 1 aromatic carbocycles. The summed E-state index contributed by atoms with van der Waals surface area (Å²) >= 11 is 0. The van der Waals surface area contributed by atoms with Gasteiger partial charge in [-0.3, -0.25) is 4.79 Å². The van der Waals surface area contributed by atoms with E-state index in [1.54, 1.807) is 19.3 Å².